The summed E-state index contributed by atoms with van der Waals surface area (Å²) in [5.74, 6) is 1.17. The summed E-state index contributed by atoms with van der Waals surface area (Å²) in [5.41, 5.74) is 4.92. The van der Waals surface area contributed by atoms with Crippen LogP contribution in [0.5, 0.6) is 0 Å². The maximum absolute atomic E-state index is 11.1. The van der Waals surface area contributed by atoms with E-state index in [4.69, 9.17) is 4.42 Å². The van der Waals surface area contributed by atoms with Crippen molar-refractivity contribution in [2.45, 2.75) is 6.92 Å². The Morgan fingerprint density at radius 3 is 2.04 bits per heavy atom. The number of benzene rings is 3. The molecule has 27 heavy (non-hydrogen) atoms. The molecule has 0 aliphatic carbocycles. The van der Waals surface area contributed by atoms with Crippen LogP contribution in [0.1, 0.15) is 6.92 Å². The van der Waals surface area contributed by atoms with Crippen LogP contribution in [0.15, 0.2) is 89.5 Å². The van der Waals surface area contributed by atoms with Gasteiger partial charge in [-0.05, 0) is 35.4 Å². The smallest absolute Gasteiger partial charge is 0.226 e. The highest BCUT2D eigenvalue weighted by atomic mass is 16.4. The molecular formula is C23H18N2O2. The van der Waals surface area contributed by atoms with Crippen molar-refractivity contribution in [3.63, 3.8) is 0 Å². The van der Waals surface area contributed by atoms with Crippen molar-refractivity contribution < 1.29 is 9.21 Å². The van der Waals surface area contributed by atoms with Gasteiger partial charge in [-0.2, -0.15) is 0 Å². The summed E-state index contributed by atoms with van der Waals surface area (Å²) in [6.45, 7) is 1.48. The molecule has 0 saturated carbocycles. The van der Waals surface area contributed by atoms with Crippen molar-refractivity contribution >= 4 is 11.6 Å². The molecule has 1 aromatic heterocycles. The Bertz CT molecular complexity index is 1050. The second-order valence-electron chi connectivity index (χ2n) is 6.23. The van der Waals surface area contributed by atoms with E-state index in [0.29, 0.717) is 5.89 Å². The zero-order valence-electron chi connectivity index (χ0n) is 14.8. The van der Waals surface area contributed by atoms with Gasteiger partial charge in [0.2, 0.25) is 11.8 Å². The monoisotopic (exact) mass is 354 g/mol. The van der Waals surface area contributed by atoms with Crippen molar-refractivity contribution in [2.75, 3.05) is 5.32 Å². The zero-order chi connectivity index (χ0) is 18.6. The van der Waals surface area contributed by atoms with Gasteiger partial charge in [0, 0.05) is 23.7 Å². The van der Waals surface area contributed by atoms with Crippen LogP contribution in [-0.2, 0) is 4.79 Å². The first-order valence-electron chi connectivity index (χ1n) is 8.69. The highest BCUT2D eigenvalue weighted by Crippen LogP contribution is 2.28. The number of oxazole rings is 1. The fourth-order valence-corrected chi connectivity index (χ4v) is 2.90. The summed E-state index contributed by atoms with van der Waals surface area (Å²) in [7, 11) is 0. The second-order valence-corrected chi connectivity index (χ2v) is 6.23. The largest absolute Gasteiger partial charge is 0.436 e. The number of hydrogen-bond donors (Lipinski definition) is 1. The number of nitrogens with zero attached hydrogens (tertiary/aromatic N) is 1. The van der Waals surface area contributed by atoms with Gasteiger partial charge in [0.05, 0.1) is 6.20 Å². The fraction of sp³-hybridized carbons (Fsp3) is 0.0435. The van der Waals surface area contributed by atoms with Crippen LogP contribution in [0, 0.1) is 0 Å². The highest BCUT2D eigenvalue weighted by molar-refractivity contribution is 5.88. The molecule has 1 amide bonds. The first-order valence-corrected chi connectivity index (χ1v) is 8.69. The number of hydrogen-bond acceptors (Lipinski definition) is 3. The average Bonchev–Trinajstić information content (AvgIpc) is 3.19. The number of anilines is 1. The van der Waals surface area contributed by atoms with E-state index in [1.807, 2.05) is 54.6 Å². The van der Waals surface area contributed by atoms with Gasteiger partial charge in [-0.25, -0.2) is 4.98 Å². The van der Waals surface area contributed by atoms with Crippen LogP contribution in [0.25, 0.3) is 33.9 Å². The SMILES string of the molecule is CC(=O)Nc1ccc(-c2ncc(-c3ccc(-c4ccccc4)cc3)o2)cc1. The number of amides is 1. The van der Waals surface area contributed by atoms with E-state index in [0.717, 1.165) is 28.1 Å². The number of carbonyl (C=O) groups is 1. The first-order chi connectivity index (χ1) is 13.2. The lowest BCUT2D eigenvalue weighted by Crippen LogP contribution is -2.05. The van der Waals surface area contributed by atoms with Crippen LogP contribution in [-0.4, -0.2) is 10.9 Å². The summed E-state index contributed by atoms with van der Waals surface area (Å²) >= 11 is 0. The van der Waals surface area contributed by atoms with Crippen molar-refractivity contribution in [3.8, 4) is 33.9 Å². The number of aromatic nitrogens is 1. The lowest BCUT2D eigenvalue weighted by molar-refractivity contribution is -0.114. The average molecular weight is 354 g/mol. The summed E-state index contributed by atoms with van der Waals surface area (Å²) in [6.07, 6.45) is 1.73. The lowest BCUT2D eigenvalue weighted by Gasteiger charge is -2.03. The quantitative estimate of drug-likeness (QED) is 0.516. The minimum absolute atomic E-state index is 0.0971. The lowest BCUT2D eigenvalue weighted by atomic mass is 10.0. The maximum Gasteiger partial charge on any atom is 0.226 e. The van der Waals surface area contributed by atoms with Crippen LogP contribution < -0.4 is 5.32 Å². The molecule has 4 rings (SSSR count). The third-order valence-corrected chi connectivity index (χ3v) is 4.23. The molecule has 0 unspecified atom stereocenters. The van der Waals surface area contributed by atoms with E-state index < -0.39 is 0 Å². The Hall–Kier alpha value is -3.66. The van der Waals surface area contributed by atoms with E-state index >= 15 is 0 Å². The van der Waals surface area contributed by atoms with Crippen LogP contribution in [0.2, 0.25) is 0 Å². The molecule has 0 aliphatic heterocycles. The van der Waals surface area contributed by atoms with Gasteiger partial charge in [-0.3, -0.25) is 4.79 Å². The van der Waals surface area contributed by atoms with E-state index in [1.165, 1.54) is 12.5 Å². The minimum atomic E-state index is -0.0971. The van der Waals surface area contributed by atoms with E-state index in [2.05, 4.69) is 34.6 Å². The third-order valence-electron chi connectivity index (χ3n) is 4.23. The molecular weight excluding hydrogens is 336 g/mol. The molecule has 4 nitrogen and oxygen atoms in total. The van der Waals surface area contributed by atoms with Crippen LogP contribution in [0.4, 0.5) is 5.69 Å². The van der Waals surface area contributed by atoms with Crippen LogP contribution in [0.3, 0.4) is 0 Å². The topological polar surface area (TPSA) is 55.1 Å². The van der Waals surface area contributed by atoms with Crippen molar-refractivity contribution in [1.29, 1.82) is 0 Å². The summed E-state index contributed by atoms with van der Waals surface area (Å²) in [4.78, 5) is 15.5. The maximum atomic E-state index is 11.1. The highest BCUT2D eigenvalue weighted by Gasteiger charge is 2.09. The minimum Gasteiger partial charge on any atom is -0.436 e. The Morgan fingerprint density at radius 1 is 0.778 bits per heavy atom. The Balaban J connectivity index is 1.55. The number of rotatable bonds is 4. The van der Waals surface area contributed by atoms with E-state index in [1.54, 1.807) is 6.20 Å². The molecule has 0 spiro atoms. The molecule has 0 fully saturated rings. The molecule has 132 valence electrons. The summed E-state index contributed by atoms with van der Waals surface area (Å²) < 4.78 is 5.92. The van der Waals surface area contributed by atoms with E-state index in [9.17, 15) is 4.79 Å². The first kappa shape index (κ1) is 16.8. The summed E-state index contributed by atoms with van der Waals surface area (Å²) in [6, 6.07) is 25.9. The van der Waals surface area contributed by atoms with Crippen molar-refractivity contribution in [3.05, 3.63) is 85.1 Å². The zero-order valence-corrected chi connectivity index (χ0v) is 14.8. The van der Waals surface area contributed by atoms with Crippen molar-refractivity contribution in [2.24, 2.45) is 0 Å². The second kappa shape index (κ2) is 7.30. The Labute approximate surface area is 157 Å². The molecule has 0 atom stereocenters. The van der Waals surface area contributed by atoms with Gasteiger partial charge in [0.1, 0.15) is 0 Å². The molecule has 4 aromatic rings. The van der Waals surface area contributed by atoms with Gasteiger partial charge in [0.15, 0.2) is 5.76 Å². The molecule has 0 bridgehead atoms. The fourth-order valence-electron chi connectivity index (χ4n) is 2.90. The molecule has 0 saturated heterocycles. The van der Waals surface area contributed by atoms with Gasteiger partial charge in [-0.1, -0.05) is 54.6 Å². The standard InChI is InChI=1S/C23H18N2O2/c1-16(26)25-21-13-11-20(12-14-21)23-24-15-22(27-23)19-9-7-18(8-10-19)17-5-3-2-4-6-17/h2-15H,1H3,(H,25,26). The predicted molar refractivity (Wildman–Crippen MR) is 107 cm³/mol. The van der Waals surface area contributed by atoms with Crippen molar-refractivity contribution in [1.82, 2.24) is 4.98 Å². The normalized spacial score (nSPS) is 10.6. The molecule has 3 aromatic carbocycles. The van der Waals surface area contributed by atoms with Crippen LogP contribution >= 0.6 is 0 Å². The van der Waals surface area contributed by atoms with E-state index in [-0.39, 0.29) is 5.91 Å². The molecule has 0 radical (unpaired) electrons. The Kier molecular flexibility index (Phi) is 4.54. The van der Waals surface area contributed by atoms with Gasteiger partial charge >= 0.3 is 0 Å². The van der Waals surface area contributed by atoms with Gasteiger partial charge in [0.25, 0.3) is 0 Å². The number of nitrogens with one attached hydrogen (secondary N) is 1. The number of carbonyl (C=O) groups excluding carboxylic acids is 1. The molecule has 1 heterocycles. The Morgan fingerprint density at radius 2 is 1.37 bits per heavy atom. The molecule has 4 heteroatoms. The third kappa shape index (κ3) is 3.80. The van der Waals surface area contributed by atoms with Gasteiger partial charge in [-0.15, -0.1) is 0 Å². The summed E-state index contributed by atoms with van der Waals surface area (Å²) in [5, 5.41) is 2.74. The van der Waals surface area contributed by atoms with Gasteiger partial charge < -0.3 is 9.73 Å². The molecule has 0 aliphatic rings. The predicted octanol–water partition coefficient (Wildman–Crippen LogP) is 5.63. The molecule has 1 N–H and O–H groups in total.